The number of carbonyl (C=O) groups excluding carboxylic acids is 2. The van der Waals surface area contributed by atoms with E-state index in [0.717, 1.165) is 4.47 Å². The molecule has 0 bridgehead atoms. The van der Waals surface area contributed by atoms with Gasteiger partial charge >= 0.3 is 11.8 Å². The van der Waals surface area contributed by atoms with Gasteiger partial charge in [-0.25, -0.2) is 0 Å². The summed E-state index contributed by atoms with van der Waals surface area (Å²) in [6.07, 6.45) is 0. The lowest BCUT2D eigenvalue weighted by atomic mass is 10.1. The van der Waals surface area contributed by atoms with E-state index in [-0.39, 0.29) is 43.0 Å². The molecule has 172 valence electrons. The molecule has 0 fully saturated rings. The van der Waals surface area contributed by atoms with Gasteiger partial charge in [0.1, 0.15) is 5.75 Å². The Kier molecular flexibility index (Phi) is 8.11. The molecule has 0 saturated carbocycles. The maximum atomic E-state index is 12.2. The van der Waals surface area contributed by atoms with E-state index in [1.165, 1.54) is 12.1 Å². The van der Waals surface area contributed by atoms with E-state index in [9.17, 15) is 19.7 Å². The Morgan fingerprint density at radius 3 is 2.67 bits per heavy atom. The number of rotatable bonds is 9. The number of amides is 2. The fraction of sp³-hybridized carbons (Fsp3) is 0.200. The summed E-state index contributed by atoms with van der Waals surface area (Å²) >= 11 is 6.68. The molecule has 0 aliphatic rings. The van der Waals surface area contributed by atoms with Crippen LogP contribution in [0, 0.1) is 17.0 Å². The van der Waals surface area contributed by atoms with Crippen LogP contribution in [0.25, 0.3) is 11.4 Å². The molecule has 3 aromatic rings. The van der Waals surface area contributed by atoms with Crippen molar-refractivity contribution in [2.24, 2.45) is 0 Å². The van der Waals surface area contributed by atoms with Crippen LogP contribution in [0.1, 0.15) is 16.2 Å². The maximum absolute atomic E-state index is 12.2. The molecule has 1 heterocycles. The SMILES string of the molecule is Cc1c(-c2noc(C(=O)NCCNC(=O)COc3ccc(Br)cc3Br)n2)cccc1[N+](=O)[O-]. The van der Waals surface area contributed by atoms with Crippen molar-refractivity contribution >= 4 is 49.4 Å². The number of nitrogens with one attached hydrogen (secondary N) is 2. The van der Waals surface area contributed by atoms with E-state index in [1.807, 2.05) is 0 Å². The zero-order valence-corrected chi connectivity index (χ0v) is 20.3. The third-order valence-electron chi connectivity index (χ3n) is 4.35. The van der Waals surface area contributed by atoms with Gasteiger partial charge in [0.25, 0.3) is 11.6 Å². The lowest BCUT2D eigenvalue weighted by molar-refractivity contribution is -0.385. The molecule has 2 aromatic carbocycles. The van der Waals surface area contributed by atoms with Crippen LogP contribution in [0.2, 0.25) is 0 Å². The van der Waals surface area contributed by atoms with Crippen LogP contribution in [0.3, 0.4) is 0 Å². The monoisotopic (exact) mass is 581 g/mol. The van der Waals surface area contributed by atoms with Crippen molar-refractivity contribution in [1.82, 2.24) is 20.8 Å². The standard InChI is InChI=1S/C20H17Br2N5O6/c1-11-13(3-2-4-15(11)27(30)31)18-25-20(33-26-18)19(29)24-8-7-23-17(28)10-32-16-6-5-12(21)9-14(16)22/h2-6,9H,7-8,10H2,1H3,(H,23,28)(H,24,29). The van der Waals surface area contributed by atoms with Gasteiger partial charge in [0.05, 0.1) is 9.40 Å². The first-order valence-electron chi connectivity index (χ1n) is 9.47. The van der Waals surface area contributed by atoms with Crippen LogP contribution >= 0.6 is 31.9 Å². The minimum Gasteiger partial charge on any atom is -0.483 e. The molecule has 2 amide bonds. The molecule has 0 aliphatic carbocycles. The van der Waals surface area contributed by atoms with Crippen LogP contribution in [0.5, 0.6) is 5.75 Å². The Morgan fingerprint density at radius 1 is 1.18 bits per heavy atom. The summed E-state index contributed by atoms with van der Waals surface area (Å²) in [5.41, 5.74) is 0.655. The summed E-state index contributed by atoms with van der Waals surface area (Å²) in [7, 11) is 0. The molecule has 0 spiro atoms. The third-order valence-corrected chi connectivity index (χ3v) is 5.46. The summed E-state index contributed by atoms with van der Waals surface area (Å²) in [5, 5.41) is 20.0. The Bertz CT molecular complexity index is 1200. The highest BCUT2D eigenvalue weighted by molar-refractivity contribution is 9.11. The van der Waals surface area contributed by atoms with Gasteiger partial charge in [-0.3, -0.25) is 19.7 Å². The number of hydrogen-bond donors (Lipinski definition) is 2. The summed E-state index contributed by atoms with van der Waals surface area (Å²) in [5.74, 6) is -0.717. The number of nitro benzene ring substituents is 1. The van der Waals surface area contributed by atoms with Crippen LogP contribution in [-0.2, 0) is 4.79 Å². The summed E-state index contributed by atoms with van der Waals surface area (Å²) in [6, 6.07) is 9.76. The van der Waals surface area contributed by atoms with E-state index in [4.69, 9.17) is 9.26 Å². The number of carbonyl (C=O) groups is 2. The maximum Gasteiger partial charge on any atom is 0.316 e. The molecule has 0 saturated heterocycles. The van der Waals surface area contributed by atoms with Gasteiger partial charge in [0.2, 0.25) is 5.82 Å². The second kappa shape index (κ2) is 11.0. The fourth-order valence-electron chi connectivity index (χ4n) is 2.73. The molecule has 33 heavy (non-hydrogen) atoms. The van der Waals surface area contributed by atoms with Gasteiger partial charge in [-0.2, -0.15) is 4.98 Å². The van der Waals surface area contributed by atoms with Crippen molar-refractivity contribution in [1.29, 1.82) is 0 Å². The Morgan fingerprint density at radius 2 is 1.94 bits per heavy atom. The molecule has 3 rings (SSSR count). The predicted molar refractivity (Wildman–Crippen MR) is 124 cm³/mol. The molecule has 0 unspecified atom stereocenters. The summed E-state index contributed by atoms with van der Waals surface area (Å²) < 4.78 is 12.0. The first-order chi connectivity index (χ1) is 15.8. The number of halogens is 2. The third kappa shape index (κ3) is 6.35. The zero-order chi connectivity index (χ0) is 24.0. The van der Waals surface area contributed by atoms with Gasteiger partial charge in [-0.15, -0.1) is 0 Å². The van der Waals surface area contributed by atoms with E-state index in [1.54, 1.807) is 31.2 Å². The van der Waals surface area contributed by atoms with Gasteiger partial charge in [0, 0.05) is 34.8 Å². The largest absolute Gasteiger partial charge is 0.483 e. The molecular weight excluding hydrogens is 566 g/mol. The van der Waals surface area contributed by atoms with Gasteiger partial charge in [0.15, 0.2) is 6.61 Å². The first-order valence-corrected chi connectivity index (χ1v) is 11.1. The van der Waals surface area contributed by atoms with E-state index in [2.05, 4.69) is 52.6 Å². The lowest BCUT2D eigenvalue weighted by Crippen LogP contribution is -2.36. The smallest absolute Gasteiger partial charge is 0.316 e. The van der Waals surface area contributed by atoms with Crippen molar-refractivity contribution in [3.8, 4) is 17.1 Å². The second-order valence-electron chi connectivity index (χ2n) is 6.60. The number of hydrogen-bond acceptors (Lipinski definition) is 8. The highest BCUT2D eigenvalue weighted by Crippen LogP contribution is 2.28. The fourth-order valence-corrected chi connectivity index (χ4v) is 3.89. The highest BCUT2D eigenvalue weighted by Gasteiger charge is 2.20. The average molecular weight is 583 g/mol. The van der Waals surface area contributed by atoms with Gasteiger partial charge in [-0.1, -0.05) is 33.2 Å². The molecule has 11 nitrogen and oxygen atoms in total. The average Bonchev–Trinajstić information content (AvgIpc) is 3.26. The number of ether oxygens (including phenoxy) is 1. The van der Waals surface area contributed by atoms with Crippen molar-refractivity contribution in [3.63, 3.8) is 0 Å². The molecular formula is C20H17Br2N5O6. The first kappa shape index (κ1) is 24.3. The number of benzene rings is 2. The quantitative estimate of drug-likeness (QED) is 0.221. The number of aromatic nitrogens is 2. The van der Waals surface area contributed by atoms with Crippen molar-refractivity contribution < 1.29 is 23.8 Å². The molecule has 0 atom stereocenters. The minimum absolute atomic E-state index is 0.0610. The van der Waals surface area contributed by atoms with E-state index < -0.39 is 10.8 Å². The van der Waals surface area contributed by atoms with Crippen LogP contribution in [-0.4, -0.2) is 46.6 Å². The predicted octanol–water partition coefficient (Wildman–Crippen LogP) is 3.40. The molecule has 0 aliphatic heterocycles. The summed E-state index contributed by atoms with van der Waals surface area (Å²) in [6.45, 7) is 1.63. The Hall–Kier alpha value is -3.32. The van der Waals surface area contributed by atoms with Crippen molar-refractivity contribution in [2.45, 2.75) is 6.92 Å². The molecule has 1 aromatic heterocycles. The number of nitro groups is 1. The lowest BCUT2D eigenvalue weighted by Gasteiger charge is -2.09. The van der Waals surface area contributed by atoms with Crippen molar-refractivity contribution in [3.05, 3.63) is 66.9 Å². The molecule has 0 radical (unpaired) electrons. The molecule has 2 N–H and O–H groups in total. The Labute approximate surface area is 204 Å². The molecule has 13 heteroatoms. The van der Waals surface area contributed by atoms with Crippen molar-refractivity contribution in [2.75, 3.05) is 19.7 Å². The van der Waals surface area contributed by atoms with Gasteiger partial charge in [-0.05, 0) is 41.1 Å². The topological polar surface area (TPSA) is 149 Å². The van der Waals surface area contributed by atoms with Crippen LogP contribution < -0.4 is 15.4 Å². The number of nitrogens with zero attached hydrogens (tertiary/aromatic N) is 3. The van der Waals surface area contributed by atoms with Gasteiger partial charge < -0.3 is 19.9 Å². The van der Waals surface area contributed by atoms with Crippen LogP contribution in [0.4, 0.5) is 5.69 Å². The summed E-state index contributed by atoms with van der Waals surface area (Å²) in [4.78, 5) is 38.7. The second-order valence-corrected chi connectivity index (χ2v) is 8.37. The van der Waals surface area contributed by atoms with Crippen LogP contribution in [0.15, 0.2) is 49.9 Å². The minimum atomic E-state index is -0.638. The Balaban J connectivity index is 1.46. The zero-order valence-electron chi connectivity index (χ0n) is 17.1. The normalized spacial score (nSPS) is 10.5. The highest BCUT2D eigenvalue weighted by atomic mass is 79.9. The van der Waals surface area contributed by atoms with E-state index >= 15 is 0 Å². The van der Waals surface area contributed by atoms with E-state index in [0.29, 0.717) is 21.3 Å².